The fraction of sp³-hybridized carbons (Fsp3) is 0.0588. The highest BCUT2D eigenvalue weighted by molar-refractivity contribution is 6.00. The van der Waals surface area contributed by atoms with E-state index >= 15 is 0 Å². The maximum atomic E-state index is 11.4. The fourth-order valence-electron chi connectivity index (χ4n) is 2.37. The van der Waals surface area contributed by atoms with E-state index in [0.29, 0.717) is 17.7 Å². The standard InChI is InChI=1S/C17H13NO5/c19-16(20)15-8-12-6-7-13(9-14(12)18(15)17(21)22)23-10-11-4-2-1-3-5-11/h1-9H,10H2,(H,19,20)(H,21,22). The van der Waals surface area contributed by atoms with Crippen LogP contribution < -0.4 is 4.74 Å². The Bertz CT molecular complexity index is 883. The van der Waals surface area contributed by atoms with Gasteiger partial charge in [0.05, 0.1) is 5.52 Å². The summed E-state index contributed by atoms with van der Waals surface area (Å²) < 4.78 is 6.39. The first kappa shape index (κ1) is 14.6. The number of rotatable bonds is 4. The van der Waals surface area contributed by atoms with Gasteiger partial charge in [-0.3, -0.25) is 0 Å². The van der Waals surface area contributed by atoms with Gasteiger partial charge in [0.25, 0.3) is 0 Å². The summed E-state index contributed by atoms with van der Waals surface area (Å²) >= 11 is 0. The monoisotopic (exact) mass is 311 g/mol. The molecule has 0 unspecified atom stereocenters. The molecule has 0 aliphatic heterocycles. The summed E-state index contributed by atoms with van der Waals surface area (Å²) in [6.45, 7) is 0.339. The Labute approximate surface area is 131 Å². The Hall–Kier alpha value is -3.28. The van der Waals surface area contributed by atoms with Gasteiger partial charge in [-0.2, -0.15) is 0 Å². The van der Waals surface area contributed by atoms with E-state index in [1.54, 1.807) is 12.1 Å². The summed E-state index contributed by atoms with van der Waals surface area (Å²) in [4.78, 5) is 22.5. The van der Waals surface area contributed by atoms with E-state index in [9.17, 15) is 14.7 Å². The maximum Gasteiger partial charge on any atom is 0.416 e. The minimum atomic E-state index is -1.35. The van der Waals surface area contributed by atoms with Gasteiger partial charge in [-0.15, -0.1) is 0 Å². The lowest BCUT2D eigenvalue weighted by atomic mass is 10.2. The molecule has 0 spiro atoms. The van der Waals surface area contributed by atoms with Crippen LogP contribution in [0.3, 0.4) is 0 Å². The van der Waals surface area contributed by atoms with Gasteiger partial charge in [-0.05, 0) is 23.8 Å². The molecule has 3 rings (SSSR count). The van der Waals surface area contributed by atoms with Crippen LogP contribution in [-0.4, -0.2) is 26.8 Å². The zero-order valence-corrected chi connectivity index (χ0v) is 12.0. The number of ether oxygens (including phenoxy) is 1. The number of hydrogen-bond donors (Lipinski definition) is 2. The molecule has 0 saturated heterocycles. The van der Waals surface area contributed by atoms with E-state index in [4.69, 9.17) is 9.84 Å². The summed E-state index contributed by atoms with van der Waals surface area (Å²) in [5, 5.41) is 18.9. The van der Waals surface area contributed by atoms with Crippen LogP contribution in [0.2, 0.25) is 0 Å². The number of carbonyl (C=O) groups is 2. The van der Waals surface area contributed by atoms with Gasteiger partial charge in [0.1, 0.15) is 18.1 Å². The van der Waals surface area contributed by atoms with Crippen molar-refractivity contribution >= 4 is 23.0 Å². The molecule has 0 radical (unpaired) electrons. The van der Waals surface area contributed by atoms with Crippen molar-refractivity contribution in [2.75, 3.05) is 0 Å². The molecule has 0 aliphatic rings. The molecule has 1 aromatic heterocycles. The second-order valence-corrected chi connectivity index (χ2v) is 4.95. The Balaban J connectivity index is 1.96. The molecule has 0 fully saturated rings. The Morgan fingerprint density at radius 3 is 2.39 bits per heavy atom. The van der Waals surface area contributed by atoms with Crippen LogP contribution in [0.15, 0.2) is 54.6 Å². The quantitative estimate of drug-likeness (QED) is 0.770. The van der Waals surface area contributed by atoms with Crippen molar-refractivity contribution in [3.63, 3.8) is 0 Å². The smallest absolute Gasteiger partial charge is 0.416 e. The SMILES string of the molecule is O=C(O)c1cc2ccc(OCc3ccccc3)cc2n1C(=O)O. The van der Waals surface area contributed by atoms with E-state index in [0.717, 1.165) is 10.1 Å². The molecule has 23 heavy (non-hydrogen) atoms. The lowest BCUT2D eigenvalue weighted by Gasteiger charge is -2.07. The zero-order valence-electron chi connectivity index (χ0n) is 12.0. The number of hydrogen-bond acceptors (Lipinski definition) is 3. The van der Waals surface area contributed by atoms with E-state index in [-0.39, 0.29) is 11.2 Å². The third-order valence-corrected chi connectivity index (χ3v) is 3.43. The molecule has 116 valence electrons. The van der Waals surface area contributed by atoms with E-state index in [2.05, 4.69) is 0 Å². The highest BCUT2D eigenvalue weighted by Gasteiger charge is 2.19. The number of aromatic carboxylic acids is 1. The van der Waals surface area contributed by atoms with E-state index < -0.39 is 12.1 Å². The summed E-state index contributed by atoms with van der Waals surface area (Å²) in [5.74, 6) is -0.825. The number of nitrogens with zero attached hydrogens (tertiary/aromatic N) is 1. The summed E-state index contributed by atoms with van der Waals surface area (Å²) in [5.41, 5.74) is 0.959. The van der Waals surface area contributed by atoms with Crippen LogP contribution in [0.5, 0.6) is 5.75 Å². The molecule has 0 aliphatic carbocycles. The van der Waals surface area contributed by atoms with Crippen LogP contribution >= 0.6 is 0 Å². The first-order chi connectivity index (χ1) is 11.1. The van der Waals surface area contributed by atoms with Crippen molar-refractivity contribution in [3.05, 3.63) is 65.9 Å². The van der Waals surface area contributed by atoms with Gasteiger partial charge in [0.2, 0.25) is 0 Å². The van der Waals surface area contributed by atoms with Crippen molar-refractivity contribution in [2.24, 2.45) is 0 Å². The lowest BCUT2D eigenvalue weighted by Crippen LogP contribution is -2.14. The van der Waals surface area contributed by atoms with Crippen molar-refractivity contribution in [2.45, 2.75) is 6.61 Å². The van der Waals surface area contributed by atoms with Crippen molar-refractivity contribution < 1.29 is 24.5 Å². The molecule has 0 bridgehead atoms. The van der Waals surface area contributed by atoms with Crippen LogP contribution in [0.4, 0.5) is 4.79 Å². The van der Waals surface area contributed by atoms with Crippen LogP contribution in [-0.2, 0) is 6.61 Å². The Kier molecular flexibility index (Phi) is 3.72. The predicted molar refractivity (Wildman–Crippen MR) is 83.1 cm³/mol. The third kappa shape index (κ3) is 2.87. The van der Waals surface area contributed by atoms with Gasteiger partial charge in [0.15, 0.2) is 0 Å². The molecule has 2 N–H and O–H groups in total. The topological polar surface area (TPSA) is 88.8 Å². The average molecular weight is 311 g/mol. The number of benzene rings is 2. The maximum absolute atomic E-state index is 11.4. The van der Waals surface area contributed by atoms with Crippen LogP contribution in [0.1, 0.15) is 16.1 Å². The number of aromatic nitrogens is 1. The minimum absolute atomic E-state index is 0.278. The highest BCUT2D eigenvalue weighted by Crippen LogP contribution is 2.25. The summed E-state index contributed by atoms with van der Waals surface area (Å²) in [6, 6.07) is 15.7. The fourth-order valence-corrected chi connectivity index (χ4v) is 2.37. The number of carboxylic acid groups (broad SMARTS) is 2. The predicted octanol–water partition coefficient (Wildman–Crippen LogP) is 3.44. The molecular weight excluding hydrogens is 298 g/mol. The third-order valence-electron chi connectivity index (χ3n) is 3.43. The molecule has 2 aromatic carbocycles. The first-order valence-electron chi connectivity index (χ1n) is 6.85. The molecule has 1 heterocycles. The molecule has 3 aromatic rings. The molecule has 0 amide bonds. The molecule has 6 heteroatoms. The van der Waals surface area contributed by atoms with E-state index in [1.807, 2.05) is 30.3 Å². The van der Waals surface area contributed by atoms with Gasteiger partial charge in [-0.25, -0.2) is 14.2 Å². The average Bonchev–Trinajstić information content (AvgIpc) is 2.93. The van der Waals surface area contributed by atoms with Gasteiger partial charge in [0, 0.05) is 11.5 Å². The largest absolute Gasteiger partial charge is 0.489 e. The number of carboxylic acids is 1. The minimum Gasteiger partial charge on any atom is -0.489 e. The normalized spacial score (nSPS) is 10.6. The van der Waals surface area contributed by atoms with Crippen LogP contribution in [0.25, 0.3) is 10.9 Å². The second-order valence-electron chi connectivity index (χ2n) is 4.95. The summed E-state index contributed by atoms with van der Waals surface area (Å²) in [7, 11) is 0. The Morgan fingerprint density at radius 1 is 1.00 bits per heavy atom. The highest BCUT2D eigenvalue weighted by atomic mass is 16.5. The van der Waals surface area contributed by atoms with Gasteiger partial charge in [-0.1, -0.05) is 30.3 Å². The molecular formula is C17H13NO5. The van der Waals surface area contributed by atoms with Crippen molar-refractivity contribution in [1.29, 1.82) is 0 Å². The van der Waals surface area contributed by atoms with E-state index in [1.165, 1.54) is 12.1 Å². The molecule has 6 nitrogen and oxygen atoms in total. The second kappa shape index (κ2) is 5.84. The number of fused-ring (bicyclic) bond motifs is 1. The first-order valence-corrected chi connectivity index (χ1v) is 6.85. The van der Waals surface area contributed by atoms with Gasteiger partial charge < -0.3 is 14.9 Å². The van der Waals surface area contributed by atoms with Crippen molar-refractivity contribution in [1.82, 2.24) is 4.57 Å². The van der Waals surface area contributed by atoms with Crippen LogP contribution in [0, 0.1) is 0 Å². The Morgan fingerprint density at radius 2 is 1.74 bits per heavy atom. The lowest BCUT2D eigenvalue weighted by molar-refractivity contribution is 0.0684. The molecule has 0 atom stereocenters. The summed E-state index contributed by atoms with van der Waals surface area (Å²) in [6.07, 6.45) is -1.35. The molecule has 0 saturated carbocycles. The van der Waals surface area contributed by atoms with Gasteiger partial charge >= 0.3 is 12.1 Å². The van der Waals surface area contributed by atoms with Crippen molar-refractivity contribution in [3.8, 4) is 5.75 Å². The zero-order chi connectivity index (χ0) is 16.4.